The van der Waals surface area contributed by atoms with Gasteiger partial charge in [0.05, 0.1) is 0 Å². The molecule has 2 rings (SSSR count). The summed E-state index contributed by atoms with van der Waals surface area (Å²) < 4.78 is 0. The van der Waals surface area contributed by atoms with Gasteiger partial charge >= 0.3 is 0 Å². The smallest absolute Gasteiger partial charge is 0.0219 e. The fraction of sp³-hybridized carbons (Fsp3) is 0.765. The highest BCUT2D eigenvalue weighted by atomic mass is 32.1. The van der Waals surface area contributed by atoms with E-state index in [2.05, 4.69) is 46.0 Å². The number of hydrogen-bond acceptors (Lipinski definition) is 2. The van der Waals surface area contributed by atoms with Gasteiger partial charge in [-0.3, -0.25) is 0 Å². The second-order valence-corrected chi connectivity index (χ2v) is 8.21. The Hall–Kier alpha value is -0.340. The Morgan fingerprint density at radius 1 is 1.32 bits per heavy atom. The van der Waals surface area contributed by atoms with E-state index in [0.717, 1.165) is 24.3 Å². The van der Waals surface area contributed by atoms with Crippen LogP contribution in [0, 0.1) is 31.6 Å². The zero-order valence-corrected chi connectivity index (χ0v) is 13.9. The highest BCUT2D eigenvalue weighted by molar-refractivity contribution is 7.12. The molecule has 1 saturated carbocycles. The first-order chi connectivity index (χ1) is 8.97. The van der Waals surface area contributed by atoms with E-state index in [1.54, 1.807) is 0 Å². The van der Waals surface area contributed by atoms with Gasteiger partial charge in [-0.05, 0) is 56.1 Å². The first-order valence-electron chi connectivity index (χ1n) is 7.76. The van der Waals surface area contributed by atoms with Crippen LogP contribution in [0.5, 0.6) is 0 Å². The standard InChI is InChI=1S/C17H29NS/c1-11(2)16-7-6-12(3)8-17(16)18-10-15-9-13(4)19-14(15)5/h9,11-12,16-18H,6-8,10H2,1-5H3. The summed E-state index contributed by atoms with van der Waals surface area (Å²) in [5.41, 5.74) is 1.50. The Labute approximate surface area is 122 Å². The third kappa shape index (κ3) is 3.82. The molecule has 3 atom stereocenters. The summed E-state index contributed by atoms with van der Waals surface area (Å²) >= 11 is 1.92. The molecule has 0 saturated heterocycles. The van der Waals surface area contributed by atoms with E-state index in [9.17, 15) is 0 Å². The molecule has 1 fully saturated rings. The first kappa shape index (κ1) is 15.1. The van der Waals surface area contributed by atoms with Gasteiger partial charge in [0.2, 0.25) is 0 Å². The minimum absolute atomic E-state index is 0.711. The molecule has 0 spiro atoms. The summed E-state index contributed by atoms with van der Waals surface area (Å²) in [6, 6.07) is 3.06. The second-order valence-electron chi connectivity index (χ2n) is 6.75. The molecule has 3 unspecified atom stereocenters. The van der Waals surface area contributed by atoms with Crippen molar-refractivity contribution in [1.82, 2.24) is 5.32 Å². The summed E-state index contributed by atoms with van der Waals surface area (Å²) in [6.07, 6.45) is 4.17. The molecule has 0 radical (unpaired) electrons. The lowest BCUT2D eigenvalue weighted by Gasteiger charge is -2.38. The maximum Gasteiger partial charge on any atom is 0.0219 e. The first-order valence-corrected chi connectivity index (χ1v) is 8.58. The molecule has 0 bridgehead atoms. The lowest BCUT2D eigenvalue weighted by atomic mass is 9.74. The van der Waals surface area contributed by atoms with Gasteiger partial charge in [0.15, 0.2) is 0 Å². The van der Waals surface area contributed by atoms with Gasteiger partial charge in [0.25, 0.3) is 0 Å². The van der Waals surface area contributed by atoms with Crippen LogP contribution >= 0.6 is 11.3 Å². The van der Waals surface area contributed by atoms with Gasteiger partial charge in [0.1, 0.15) is 0 Å². The largest absolute Gasteiger partial charge is 0.310 e. The van der Waals surface area contributed by atoms with Crippen molar-refractivity contribution in [3.8, 4) is 0 Å². The zero-order chi connectivity index (χ0) is 14.0. The molecule has 1 aliphatic rings. The molecule has 108 valence electrons. The zero-order valence-electron chi connectivity index (χ0n) is 13.1. The van der Waals surface area contributed by atoms with Crippen LogP contribution in [0.4, 0.5) is 0 Å². The fourth-order valence-corrected chi connectivity index (χ4v) is 4.48. The van der Waals surface area contributed by atoms with Crippen LogP contribution in [0.15, 0.2) is 6.07 Å². The number of aryl methyl sites for hydroxylation is 2. The van der Waals surface area contributed by atoms with Crippen molar-refractivity contribution in [3.05, 3.63) is 21.4 Å². The van der Waals surface area contributed by atoms with E-state index in [1.807, 2.05) is 11.3 Å². The van der Waals surface area contributed by atoms with Gasteiger partial charge in [-0.2, -0.15) is 0 Å². The number of rotatable bonds is 4. The van der Waals surface area contributed by atoms with Crippen LogP contribution in [0.2, 0.25) is 0 Å². The molecule has 1 aliphatic carbocycles. The Balaban J connectivity index is 1.97. The molecule has 1 nitrogen and oxygen atoms in total. The van der Waals surface area contributed by atoms with Gasteiger partial charge in [-0.15, -0.1) is 11.3 Å². The lowest BCUT2D eigenvalue weighted by molar-refractivity contribution is 0.169. The van der Waals surface area contributed by atoms with Crippen molar-refractivity contribution >= 4 is 11.3 Å². The molecule has 1 N–H and O–H groups in total. The van der Waals surface area contributed by atoms with E-state index in [1.165, 1.54) is 34.6 Å². The van der Waals surface area contributed by atoms with Crippen molar-refractivity contribution in [2.24, 2.45) is 17.8 Å². The molecule has 0 aliphatic heterocycles. The fourth-order valence-electron chi connectivity index (χ4n) is 3.54. The molecule has 0 aromatic carbocycles. The van der Waals surface area contributed by atoms with Gasteiger partial charge < -0.3 is 5.32 Å². The molecular formula is C17H29NS. The Morgan fingerprint density at radius 3 is 2.63 bits per heavy atom. The minimum atomic E-state index is 0.711. The lowest BCUT2D eigenvalue weighted by Crippen LogP contribution is -2.42. The molecule has 1 aromatic rings. The Morgan fingerprint density at radius 2 is 2.05 bits per heavy atom. The van der Waals surface area contributed by atoms with Crippen LogP contribution < -0.4 is 5.32 Å². The number of nitrogens with one attached hydrogen (secondary N) is 1. The highest BCUT2D eigenvalue weighted by Crippen LogP contribution is 2.33. The number of thiophene rings is 1. The van der Waals surface area contributed by atoms with E-state index in [-0.39, 0.29) is 0 Å². The Bertz CT molecular complexity index is 407. The van der Waals surface area contributed by atoms with Crippen LogP contribution in [0.1, 0.15) is 55.4 Å². The molecule has 2 heteroatoms. The monoisotopic (exact) mass is 279 g/mol. The van der Waals surface area contributed by atoms with Crippen LogP contribution in [-0.4, -0.2) is 6.04 Å². The van der Waals surface area contributed by atoms with Gasteiger partial charge in [-0.1, -0.05) is 27.2 Å². The SMILES string of the molecule is Cc1cc(CNC2CC(C)CCC2C(C)C)c(C)s1. The van der Waals surface area contributed by atoms with Crippen LogP contribution in [0.25, 0.3) is 0 Å². The molecule has 1 heterocycles. The normalized spacial score (nSPS) is 28.0. The topological polar surface area (TPSA) is 12.0 Å². The summed E-state index contributed by atoms with van der Waals surface area (Å²) in [4.78, 5) is 2.92. The minimum Gasteiger partial charge on any atom is -0.310 e. The average molecular weight is 279 g/mol. The molecule has 0 amide bonds. The highest BCUT2D eigenvalue weighted by Gasteiger charge is 2.30. The van der Waals surface area contributed by atoms with Gasteiger partial charge in [0, 0.05) is 22.3 Å². The molecule has 1 aromatic heterocycles. The van der Waals surface area contributed by atoms with Crippen molar-refractivity contribution in [3.63, 3.8) is 0 Å². The number of hydrogen-bond donors (Lipinski definition) is 1. The molecule has 19 heavy (non-hydrogen) atoms. The van der Waals surface area contributed by atoms with Crippen LogP contribution in [-0.2, 0) is 6.54 Å². The summed E-state index contributed by atoms with van der Waals surface area (Å²) in [5.74, 6) is 2.55. The Kier molecular flexibility index (Phi) is 5.08. The maximum atomic E-state index is 3.86. The van der Waals surface area contributed by atoms with Crippen molar-refractivity contribution in [2.75, 3.05) is 0 Å². The second kappa shape index (κ2) is 6.41. The quantitative estimate of drug-likeness (QED) is 0.825. The van der Waals surface area contributed by atoms with Crippen molar-refractivity contribution in [2.45, 2.75) is 66.5 Å². The summed E-state index contributed by atoms with van der Waals surface area (Å²) in [7, 11) is 0. The van der Waals surface area contributed by atoms with E-state index >= 15 is 0 Å². The van der Waals surface area contributed by atoms with E-state index in [4.69, 9.17) is 0 Å². The predicted molar refractivity (Wildman–Crippen MR) is 85.8 cm³/mol. The molecular weight excluding hydrogens is 250 g/mol. The summed E-state index contributed by atoms with van der Waals surface area (Å²) in [5, 5.41) is 3.86. The third-order valence-corrected chi connectivity index (χ3v) is 5.73. The van der Waals surface area contributed by atoms with E-state index < -0.39 is 0 Å². The van der Waals surface area contributed by atoms with Crippen LogP contribution in [0.3, 0.4) is 0 Å². The predicted octanol–water partition coefficient (Wildman–Crippen LogP) is 4.92. The van der Waals surface area contributed by atoms with Gasteiger partial charge in [-0.25, -0.2) is 0 Å². The third-order valence-electron chi connectivity index (χ3n) is 4.72. The van der Waals surface area contributed by atoms with E-state index in [0.29, 0.717) is 6.04 Å². The maximum absolute atomic E-state index is 3.86. The summed E-state index contributed by atoms with van der Waals surface area (Å²) in [6.45, 7) is 12.7. The van der Waals surface area contributed by atoms with Crippen molar-refractivity contribution in [1.29, 1.82) is 0 Å². The van der Waals surface area contributed by atoms with Crippen molar-refractivity contribution < 1.29 is 0 Å². The average Bonchev–Trinajstić information content (AvgIpc) is 2.65.